The van der Waals surface area contributed by atoms with Crippen LogP contribution in [-0.4, -0.2) is 61.6 Å². The zero-order valence-electron chi connectivity index (χ0n) is 17.9. The quantitative estimate of drug-likeness (QED) is 0.674. The number of hydrogen-bond acceptors (Lipinski definition) is 4. The van der Waals surface area contributed by atoms with Crippen LogP contribution < -0.4 is 5.32 Å². The summed E-state index contributed by atoms with van der Waals surface area (Å²) in [5.41, 5.74) is 1.98. The first-order valence-electron chi connectivity index (χ1n) is 10.4. The van der Waals surface area contributed by atoms with Crippen LogP contribution in [0, 0.1) is 0 Å². The Morgan fingerprint density at radius 3 is 2.83 bits per heavy atom. The molecule has 1 aromatic carbocycles. The van der Waals surface area contributed by atoms with Crippen LogP contribution in [0.2, 0.25) is 0 Å². The van der Waals surface area contributed by atoms with Crippen LogP contribution in [0.3, 0.4) is 0 Å². The summed E-state index contributed by atoms with van der Waals surface area (Å²) < 4.78 is 15.8. The average molecular weight is 413 g/mol. The molecule has 7 nitrogen and oxygen atoms in total. The lowest BCUT2D eigenvalue weighted by Gasteiger charge is -2.39. The Labute approximate surface area is 175 Å². The van der Waals surface area contributed by atoms with E-state index in [4.69, 9.17) is 0 Å². The number of aromatic amines is 1. The minimum absolute atomic E-state index is 0.0553. The molecule has 30 heavy (non-hydrogen) atoms. The van der Waals surface area contributed by atoms with Gasteiger partial charge in [0.25, 0.3) is 5.91 Å². The van der Waals surface area contributed by atoms with E-state index in [0.29, 0.717) is 12.2 Å². The van der Waals surface area contributed by atoms with E-state index in [1.165, 1.54) is 0 Å². The fourth-order valence-electron chi connectivity index (χ4n) is 4.26. The Kier molecular flexibility index (Phi) is 5.36. The van der Waals surface area contributed by atoms with Gasteiger partial charge in [-0.2, -0.15) is 10.2 Å². The zero-order chi connectivity index (χ0) is 21.5. The molecule has 0 spiro atoms. The minimum atomic E-state index is -1.22. The van der Waals surface area contributed by atoms with Gasteiger partial charge in [-0.05, 0) is 51.3 Å². The summed E-state index contributed by atoms with van der Waals surface area (Å²) >= 11 is 0. The van der Waals surface area contributed by atoms with Crippen LogP contribution >= 0.6 is 0 Å². The van der Waals surface area contributed by atoms with Gasteiger partial charge in [0.05, 0.1) is 11.7 Å². The highest BCUT2D eigenvalue weighted by atomic mass is 19.1. The molecule has 160 valence electrons. The summed E-state index contributed by atoms with van der Waals surface area (Å²) in [6.45, 7) is 6.49. The number of halogens is 1. The fourth-order valence-corrected chi connectivity index (χ4v) is 4.26. The Morgan fingerprint density at radius 2 is 2.17 bits per heavy atom. The van der Waals surface area contributed by atoms with Gasteiger partial charge in [-0.15, -0.1) is 0 Å². The second-order valence-electron chi connectivity index (χ2n) is 8.97. The highest BCUT2D eigenvalue weighted by molar-refractivity contribution is 6.05. The third-order valence-corrected chi connectivity index (χ3v) is 5.74. The fraction of sp³-hybridized carbons (Fsp3) is 0.500. The number of piperidine rings is 1. The lowest BCUT2D eigenvalue weighted by atomic mass is 9.96. The van der Waals surface area contributed by atoms with Gasteiger partial charge >= 0.3 is 0 Å². The molecule has 0 saturated carbocycles. The van der Waals surface area contributed by atoms with E-state index in [9.17, 15) is 9.18 Å². The molecule has 3 heterocycles. The summed E-state index contributed by atoms with van der Waals surface area (Å²) in [5, 5.41) is 15.4. The molecule has 1 unspecified atom stereocenters. The molecule has 1 aliphatic heterocycles. The number of aromatic nitrogens is 4. The number of H-pyrrole nitrogens is 1. The van der Waals surface area contributed by atoms with Crippen molar-refractivity contribution in [3.8, 4) is 11.1 Å². The zero-order valence-corrected chi connectivity index (χ0v) is 17.9. The predicted octanol–water partition coefficient (Wildman–Crippen LogP) is 3.29. The van der Waals surface area contributed by atoms with Gasteiger partial charge in [-0.1, -0.05) is 6.07 Å². The predicted molar refractivity (Wildman–Crippen MR) is 115 cm³/mol. The number of nitrogens with one attached hydrogen (secondary N) is 2. The van der Waals surface area contributed by atoms with Crippen LogP contribution in [-0.2, 0) is 7.05 Å². The van der Waals surface area contributed by atoms with Crippen molar-refractivity contribution in [3.05, 3.63) is 36.3 Å². The van der Waals surface area contributed by atoms with E-state index < -0.39 is 5.67 Å². The Hall–Kier alpha value is -2.74. The normalized spacial score (nSPS) is 20.6. The summed E-state index contributed by atoms with van der Waals surface area (Å²) in [6.07, 6.45) is 5.34. The number of nitrogens with zero attached hydrogens (tertiary/aromatic N) is 4. The second-order valence-corrected chi connectivity index (χ2v) is 8.97. The van der Waals surface area contributed by atoms with Gasteiger partial charge in [0.1, 0.15) is 5.67 Å². The standard InChI is InChI=1S/C22H29FN6O/c1-14-9-17(7-8-29(14)13-22(2,3)23)25-21(30)20-18-10-15(5-6-19(18)26-27-20)16-11-24-28(4)12-16/h5-6,10-12,14,17H,7-9,13H2,1-4H3,(H,25,30)(H,26,27)/t14-,17?/m0/s1. The van der Waals surface area contributed by atoms with Crippen LogP contribution in [0.15, 0.2) is 30.6 Å². The van der Waals surface area contributed by atoms with Crippen molar-refractivity contribution in [1.82, 2.24) is 30.2 Å². The molecule has 0 radical (unpaired) electrons. The minimum Gasteiger partial charge on any atom is -0.348 e. The highest BCUT2D eigenvalue weighted by Gasteiger charge is 2.31. The molecular formula is C22H29FN6O. The molecular weight excluding hydrogens is 383 g/mol. The van der Waals surface area contributed by atoms with E-state index in [0.717, 1.165) is 41.4 Å². The number of likely N-dealkylation sites (tertiary alicyclic amines) is 1. The van der Waals surface area contributed by atoms with Gasteiger partial charge in [0.15, 0.2) is 5.69 Å². The van der Waals surface area contributed by atoms with Crippen LogP contribution in [0.25, 0.3) is 22.0 Å². The van der Waals surface area contributed by atoms with E-state index in [1.54, 1.807) is 24.7 Å². The first kappa shape index (κ1) is 20.5. The lowest BCUT2D eigenvalue weighted by molar-refractivity contribution is 0.0627. The molecule has 2 atom stereocenters. The molecule has 0 aliphatic carbocycles. The maximum Gasteiger partial charge on any atom is 0.272 e. The maximum absolute atomic E-state index is 14.0. The number of carbonyl (C=O) groups is 1. The van der Waals surface area contributed by atoms with Crippen molar-refractivity contribution in [2.24, 2.45) is 7.05 Å². The van der Waals surface area contributed by atoms with Crippen LogP contribution in [0.4, 0.5) is 4.39 Å². The third kappa shape index (κ3) is 4.38. The molecule has 1 aliphatic rings. The first-order valence-corrected chi connectivity index (χ1v) is 10.4. The summed E-state index contributed by atoms with van der Waals surface area (Å²) in [7, 11) is 1.87. The number of alkyl halides is 1. The number of amides is 1. The van der Waals surface area contributed by atoms with Crippen molar-refractivity contribution in [2.45, 2.75) is 51.4 Å². The number of hydrogen-bond donors (Lipinski definition) is 2. The van der Waals surface area contributed by atoms with Gasteiger partial charge in [-0.3, -0.25) is 19.5 Å². The lowest BCUT2D eigenvalue weighted by Crippen LogP contribution is -2.51. The molecule has 0 bridgehead atoms. The summed E-state index contributed by atoms with van der Waals surface area (Å²) in [6, 6.07) is 6.16. The molecule has 2 aromatic heterocycles. The highest BCUT2D eigenvalue weighted by Crippen LogP contribution is 2.26. The van der Waals surface area contributed by atoms with Gasteiger partial charge in [-0.25, -0.2) is 4.39 Å². The van der Waals surface area contributed by atoms with Crippen LogP contribution in [0.5, 0.6) is 0 Å². The number of rotatable bonds is 5. The Balaban J connectivity index is 1.47. The monoisotopic (exact) mass is 412 g/mol. The second kappa shape index (κ2) is 7.83. The molecule has 4 rings (SSSR count). The molecule has 1 amide bonds. The number of fused-ring (bicyclic) bond motifs is 1. The SMILES string of the molecule is C[C@H]1CC(NC(=O)c2n[nH]c3ccc(-c4cnn(C)c4)cc23)CCN1CC(C)(C)F. The number of carbonyl (C=O) groups excluding carboxylic acids is 1. The largest absolute Gasteiger partial charge is 0.348 e. The average Bonchev–Trinajstić information content (AvgIpc) is 3.28. The smallest absolute Gasteiger partial charge is 0.272 e. The van der Waals surface area contributed by atoms with Gasteiger partial charge < -0.3 is 5.32 Å². The van der Waals surface area contributed by atoms with Crippen molar-refractivity contribution in [2.75, 3.05) is 13.1 Å². The topological polar surface area (TPSA) is 78.8 Å². The summed E-state index contributed by atoms with van der Waals surface area (Å²) in [5.74, 6) is -0.180. The van der Waals surface area contributed by atoms with Crippen molar-refractivity contribution in [3.63, 3.8) is 0 Å². The van der Waals surface area contributed by atoms with Gasteiger partial charge in [0.2, 0.25) is 0 Å². The first-order chi connectivity index (χ1) is 14.2. The van der Waals surface area contributed by atoms with E-state index in [2.05, 4.69) is 32.4 Å². The Bertz CT molecular complexity index is 1050. The number of aryl methyl sites for hydroxylation is 1. The molecule has 3 aromatic rings. The van der Waals surface area contributed by atoms with Crippen LogP contribution in [0.1, 0.15) is 44.1 Å². The third-order valence-electron chi connectivity index (χ3n) is 5.74. The maximum atomic E-state index is 14.0. The van der Waals surface area contributed by atoms with E-state index in [1.807, 2.05) is 31.4 Å². The van der Waals surface area contributed by atoms with E-state index in [-0.39, 0.29) is 18.0 Å². The van der Waals surface area contributed by atoms with Crippen molar-refractivity contribution >= 4 is 16.8 Å². The van der Waals surface area contributed by atoms with Crippen molar-refractivity contribution < 1.29 is 9.18 Å². The molecule has 8 heteroatoms. The molecule has 1 fully saturated rings. The molecule has 2 N–H and O–H groups in total. The van der Waals surface area contributed by atoms with Gasteiger partial charge in [0, 0.05) is 49.4 Å². The van der Waals surface area contributed by atoms with Crippen molar-refractivity contribution in [1.29, 1.82) is 0 Å². The van der Waals surface area contributed by atoms with E-state index >= 15 is 0 Å². The Morgan fingerprint density at radius 1 is 1.37 bits per heavy atom. The summed E-state index contributed by atoms with van der Waals surface area (Å²) in [4.78, 5) is 15.1. The number of benzene rings is 1. The molecule has 1 saturated heterocycles.